The molecule has 0 bridgehead atoms. The quantitative estimate of drug-likeness (QED) is 0.478. The Labute approximate surface area is 170 Å². The van der Waals surface area contributed by atoms with Crippen molar-refractivity contribution in [2.24, 2.45) is 0 Å². The van der Waals surface area contributed by atoms with Crippen molar-refractivity contribution < 1.29 is 4.79 Å². The number of fused-ring (bicyclic) bond motifs is 1. The number of thiazole rings is 2. The van der Waals surface area contributed by atoms with Crippen molar-refractivity contribution in [3.05, 3.63) is 74.8 Å². The van der Waals surface area contributed by atoms with Gasteiger partial charge in [0.25, 0.3) is 5.91 Å². The number of amides is 1. The Balaban J connectivity index is 1.78. The number of aryl methyl sites for hydroxylation is 2. The third-order valence-electron chi connectivity index (χ3n) is 4.60. The van der Waals surface area contributed by atoms with Crippen molar-refractivity contribution in [2.75, 3.05) is 4.90 Å². The molecule has 0 saturated carbocycles. The lowest BCUT2D eigenvalue weighted by Gasteiger charge is -2.20. The van der Waals surface area contributed by atoms with Gasteiger partial charge in [0, 0.05) is 11.1 Å². The van der Waals surface area contributed by atoms with Gasteiger partial charge in [-0.3, -0.25) is 19.1 Å². The van der Waals surface area contributed by atoms with Crippen LogP contribution in [0.25, 0.3) is 10.2 Å². The Hall–Kier alpha value is -2.77. The van der Waals surface area contributed by atoms with E-state index >= 15 is 0 Å². The molecule has 0 fully saturated rings. The highest BCUT2D eigenvalue weighted by Crippen LogP contribution is 2.33. The normalized spacial score (nSPS) is 11.1. The lowest BCUT2D eigenvalue weighted by atomic mass is 10.1. The number of aromatic nitrogens is 2. The van der Waals surface area contributed by atoms with E-state index in [9.17, 15) is 9.59 Å². The predicted molar refractivity (Wildman–Crippen MR) is 116 cm³/mol. The highest BCUT2D eigenvalue weighted by molar-refractivity contribution is 7.22. The second-order valence-corrected chi connectivity index (χ2v) is 8.27. The van der Waals surface area contributed by atoms with Gasteiger partial charge in [0.2, 0.25) is 0 Å². The maximum atomic E-state index is 13.3. The van der Waals surface area contributed by atoms with E-state index in [0.29, 0.717) is 5.13 Å². The third kappa shape index (κ3) is 3.50. The monoisotopic (exact) mass is 409 g/mol. The van der Waals surface area contributed by atoms with E-state index in [-0.39, 0.29) is 17.3 Å². The minimum Gasteiger partial charge on any atom is -0.294 e. The molecule has 0 unspecified atom stereocenters. The summed E-state index contributed by atoms with van der Waals surface area (Å²) in [5, 5.41) is 2.38. The van der Waals surface area contributed by atoms with E-state index in [1.165, 1.54) is 21.5 Å². The molecule has 4 aromatic rings. The van der Waals surface area contributed by atoms with Gasteiger partial charge in [-0.05, 0) is 43.2 Å². The zero-order chi connectivity index (χ0) is 19.7. The molecule has 142 valence electrons. The molecule has 0 aliphatic rings. The number of benzene rings is 2. The molecule has 5 nitrogen and oxygen atoms in total. The Kier molecular flexibility index (Phi) is 5.11. The van der Waals surface area contributed by atoms with Crippen LogP contribution in [0.1, 0.15) is 18.2 Å². The van der Waals surface area contributed by atoms with Crippen molar-refractivity contribution in [2.45, 2.75) is 26.8 Å². The van der Waals surface area contributed by atoms with Gasteiger partial charge in [-0.2, -0.15) is 0 Å². The Morgan fingerprint density at radius 2 is 1.89 bits per heavy atom. The highest BCUT2D eigenvalue weighted by atomic mass is 32.1. The molecule has 0 radical (unpaired) electrons. The number of para-hydroxylation sites is 1. The first-order valence-electron chi connectivity index (χ1n) is 8.99. The van der Waals surface area contributed by atoms with Crippen molar-refractivity contribution >= 4 is 49.6 Å². The molecule has 7 heteroatoms. The molecule has 4 rings (SSSR count). The van der Waals surface area contributed by atoms with Gasteiger partial charge in [0.15, 0.2) is 5.13 Å². The molecule has 0 atom stereocenters. The maximum Gasteiger partial charge on any atom is 0.307 e. The molecule has 0 aliphatic carbocycles. The molecule has 2 aromatic carbocycles. The minimum atomic E-state index is -0.188. The van der Waals surface area contributed by atoms with E-state index in [1.807, 2.05) is 55.5 Å². The first kappa shape index (κ1) is 18.6. The van der Waals surface area contributed by atoms with Crippen LogP contribution < -0.4 is 9.77 Å². The van der Waals surface area contributed by atoms with Crippen LogP contribution in [0.5, 0.6) is 0 Å². The van der Waals surface area contributed by atoms with Gasteiger partial charge in [-0.15, -0.1) is 0 Å². The van der Waals surface area contributed by atoms with E-state index < -0.39 is 0 Å². The molecule has 0 aliphatic heterocycles. The summed E-state index contributed by atoms with van der Waals surface area (Å²) in [6, 6.07) is 15.7. The van der Waals surface area contributed by atoms with Crippen molar-refractivity contribution in [1.82, 2.24) is 9.55 Å². The lowest BCUT2D eigenvalue weighted by Crippen LogP contribution is -2.32. The topological polar surface area (TPSA) is 55.2 Å². The Morgan fingerprint density at radius 3 is 2.54 bits per heavy atom. The van der Waals surface area contributed by atoms with Crippen LogP contribution in [-0.2, 0) is 17.8 Å². The summed E-state index contributed by atoms with van der Waals surface area (Å²) in [5.41, 5.74) is 3.59. The number of nitrogens with zero attached hydrogens (tertiary/aromatic N) is 3. The van der Waals surface area contributed by atoms with Crippen LogP contribution >= 0.6 is 22.7 Å². The zero-order valence-corrected chi connectivity index (χ0v) is 17.2. The van der Waals surface area contributed by atoms with Crippen LogP contribution in [0.15, 0.2) is 58.7 Å². The van der Waals surface area contributed by atoms with Gasteiger partial charge in [0.1, 0.15) is 6.54 Å². The maximum absolute atomic E-state index is 13.3. The summed E-state index contributed by atoms with van der Waals surface area (Å²) in [7, 11) is 0. The second kappa shape index (κ2) is 7.69. The lowest BCUT2D eigenvalue weighted by molar-refractivity contribution is -0.118. The smallest absolute Gasteiger partial charge is 0.294 e. The zero-order valence-electron chi connectivity index (χ0n) is 15.6. The number of carbonyl (C=O) groups is 1. The van der Waals surface area contributed by atoms with Crippen LogP contribution in [0, 0.1) is 6.92 Å². The van der Waals surface area contributed by atoms with E-state index in [2.05, 4.69) is 11.9 Å². The van der Waals surface area contributed by atoms with Gasteiger partial charge in [-0.1, -0.05) is 53.9 Å². The summed E-state index contributed by atoms with van der Waals surface area (Å²) in [6.07, 6.45) is 0.929. The molecule has 0 saturated heterocycles. The Bertz CT molecular complexity index is 1160. The van der Waals surface area contributed by atoms with Crippen molar-refractivity contribution in [3.8, 4) is 0 Å². The average Bonchev–Trinajstić information content (AvgIpc) is 3.27. The van der Waals surface area contributed by atoms with Gasteiger partial charge in [-0.25, -0.2) is 4.98 Å². The minimum absolute atomic E-state index is 0.0143. The van der Waals surface area contributed by atoms with E-state index in [1.54, 1.807) is 10.3 Å². The fraction of sp³-hybridized carbons (Fsp3) is 0.190. The van der Waals surface area contributed by atoms with E-state index in [0.717, 1.165) is 39.4 Å². The Morgan fingerprint density at radius 1 is 1.14 bits per heavy atom. The summed E-state index contributed by atoms with van der Waals surface area (Å²) >= 11 is 2.58. The summed E-state index contributed by atoms with van der Waals surface area (Å²) in [4.78, 5) is 31.5. The number of anilines is 2. The summed E-state index contributed by atoms with van der Waals surface area (Å²) in [5.74, 6) is -0.188. The standard InChI is InChI=1S/C21H19N3O2S2/c1-3-15-8-10-16(11-9-15)24(19(25)12-23-14(2)13-27-21(23)26)20-22-17-6-4-5-7-18(17)28-20/h4-11,13H,3,12H2,1-2H3. The van der Waals surface area contributed by atoms with Crippen LogP contribution in [0.3, 0.4) is 0 Å². The molecule has 28 heavy (non-hydrogen) atoms. The largest absolute Gasteiger partial charge is 0.307 e. The molecule has 2 aromatic heterocycles. The van der Waals surface area contributed by atoms with Crippen LogP contribution in [0.4, 0.5) is 10.8 Å². The highest BCUT2D eigenvalue weighted by Gasteiger charge is 2.23. The number of rotatable bonds is 5. The fourth-order valence-electron chi connectivity index (χ4n) is 3.00. The third-order valence-corrected chi connectivity index (χ3v) is 6.50. The van der Waals surface area contributed by atoms with E-state index in [4.69, 9.17) is 0 Å². The molecule has 0 N–H and O–H groups in total. The number of hydrogen-bond acceptors (Lipinski definition) is 5. The first-order valence-corrected chi connectivity index (χ1v) is 10.7. The van der Waals surface area contributed by atoms with Crippen LogP contribution in [-0.4, -0.2) is 15.5 Å². The van der Waals surface area contributed by atoms with Gasteiger partial charge >= 0.3 is 4.87 Å². The van der Waals surface area contributed by atoms with Gasteiger partial charge in [0.05, 0.1) is 15.9 Å². The number of hydrogen-bond donors (Lipinski definition) is 0. The second-order valence-electron chi connectivity index (χ2n) is 6.44. The summed E-state index contributed by atoms with van der Waals surface area (Å²) < 4.78 is 2.53. The average molecular weight is 410 g/mol. The number of carbonyl (C=O) groups excluding carboxylic acids is 1. The van der Waals surface area contributed by atoms with Gasteiger partial charge < -0.3 is 0 Å². The molecular formula is C21H19N3O2S2. The molecule has 1 amide bonds. The summed E-state index contributed by atoms with van der Waals surface area (Å²) in [6.45, 7) is 3.92. The predicted octanol–water partition coefficient (Wildman–Crippen LogP) is 4.76. The molecular weight excluding hydrogens is 390 g/mol. The first-order chi connectivity index (χ1) is 13.6. The molecule has 2 heterocycles. The van der Waals surface area contributed by atoms with Crippen molar-refractivity contribution in [1.29, 1.82) is 0 Å². The van der Waals surface area contributed by atoms with Crippen molar-refractivity contribution in [3.63, 3.8) is 0 Å². The fourth-order valence-corrected chi connectivity index (χ4v) is 4.74. The SMILES string of the molecule is CCc1ccc(N(C(=O)Cn2c(C)csc2=O)c2nc3ccccc3s2)cc1. The molecule has 0 spiro atoms. The van der Waals surface area contributed by atoms with Crippen LogP contribution in [0.2, 0.25) is 0 Å².